The first-order valence-corrected chi connectivity index (χ1v) is 11.7. The van der Waals surface area contributed by atoms with E-state index in [0.29, 0.717) is 16.5 Å². The lowest BCUT2D eigenvalue weighted by atomic mass is 10.1. The topological polar surface area (TPSA) is 98.5 Å². The summed E-state index contributed by atoms with van der Waals surface area (Å²) >= 11 is 1.28. The first-order valence-electron chi connectivity index (χ1n) is 10.8. The van der Waals surface area contributed by atoms with Crippen LogP contribution < -0.4 is 5.43 Å². The Morgan fingerprint density at radius 3 is 2.40 bits per heavy atom. The predicted octanol–water partition coefficient (Wildman–Crippen LogP) is 4.27. The largest absolute Gasteiger partial charge is 0.465 e. The fraction of sp³-hybridized carbons (Fsp3) is 0.115. The van der Waals surface area contributed by atoms with E-state index in [2.05, 4.69) is 25.5 Å². The lowest BCUT2D eigenvalue weighted by Gasteiger charge is -2.10. The highest BCUT2D eigenvalue weighted by atomic mass is 32.2. The van der Waals surface area contributed by atoms with Crippen LogP contribution in [-0.2, 0) is 9.53 Å². The lowest BCUT2D eigenvalue weighted by molar-refractivity contribution is -0.118. The predicted molar refractivity (Wildman–Crippen MR) is 136 cm³/mol. The molecule has 0 aliphatic carbocycles. The van der Waals surface area contributed by atoms with Crippen molar-refractivity contribution in [3.05, 3.63) is 95.6 Å². The Morgan fingerprint density at radius 1 is 1.00 bits per heavy atom. The number of benzene rings is 3. The molecule has 4 aromatic rings. The summed E-state index contributed by atoms with van der Waals surface area (Å²) in [4.78, 5) is 23.9. The van der Waals surface area contributed by atoms with Gasteiger partial charge in [-0.15, -0.1) is 10.2 Å². The minimum absolute atomic E-state index is 0.109. The van der Waals surface area contributed by atoms with Gasteiger partial charge in [0.05, 0.1) is 24.6 Å². The Balaban J connectivity index is 1.44. The third-order valence-corrected chi connectivity index (χ3v) is 5.95. The van der Waals surface area contributed by atoms with Crippen molar-refractivity contribution in [3.8, 4) is 17.1 Å². The van der Waals surface area contributed by atoms with Crippen molar-refractivity contribution < 1.29 is 14.3 Å². The van der Waals surface area contributed by atoms with Crippen LogP contribution >= 0.6 is 11.8 Å². The smallest absolute Gasteiger partial charge is 0.337 e. The Bertz CT molecular complexity index is 1330. The molecule has 0 atom stereocenters. The number of rotatable bonds is 8. The van der Waals surface area contributed by atoms with Crippen LogP contribution in [0.4, 0.5) is 0 Å². The fourth-order valence-corrected chi connectivity index (χ4v) is 3.97. The zero-order valence-electron chi connectivity index (χ0n) is 19.2. The number of hydrogen-bond acceptors (Lipinski definition) is 7. The lowest BCUT2D eigenvalue weighted by Crippen LogP contribution is -2.20. The number of methoxy groups -OCH3 is 1. The van der Waals surface area contributed by atoms with E-state index in [-0.39, 0.29) is 11.7 Å². The number of amides is 1. The molecule has 0 aliphatic rings. The van der Waals surface area contributed by atoms with Gasteiger partial charge in [-0.25, -0.2) is 10.2 Å². The van der Waals surface area contributed by atoms with Crippen LogP contribution in [0.3, 0.4) is 0 Å². The summed E-state index contributed by atoms with van der Waals surface area (Å²) in [6, 6.07) is 24.5. The Kier molecular flexibility index (Phi) is 7.69. The first-order chi connectivity index (χ1) is 17.0. The van der Waals surface area contributed by atoms with Gasteiger partial charge in [0.15, 0.2) is 11.0 Å². The van der Waals surface area contributed by atoms with E-state index in [1.807, 2.05) is 66.1 Å². The zero-order valence-corrected chi connectivity index (χ0v) is 20.0. The normalized spacial score (nSPS) is 10.9. The SMILES string of the molecule is COC(=O)c1ccc(C=NNC(=O)CSc2nnc(-c3ccccc3)n2-c2ccc(C)cc2)cc1. The highest BCUT2D eigenvalue weighted by Crippen LogP contribution is 2.28. The van der Waals surface area contributed by atoms with Gasteiger partial charge in [-0.3, -0.25) is 9.36 Å². The summed E-state index contributed by atoms with van der Waals surface area (Å²) in [5, 5.41) is 13.3. The molecule has 4 rings (SSSR count). The average molecular weight is 486 g/mol. The van der Waals surface area contributed by atoms with Crippen molar-refractivity contribution in [1.82, 2.24) is 20.2 Å². The number of ether oxygens (including phenoxy) is 1. The Labute approximate surface area is 207 Å². The van der Waals surface area contributed by atoms with Gasteiger partial charge in [0, 0.05) is 11.3 Å². The molecule has 8 nitrogen and oxygen atoms in total. The molecule has 1 heterocycles. The molecule has 35 heavy (non-hydrogen) atoms. The van der Waals surface area contributed by atoms with Gasteiger partial charge in [-0.1, -0.05) is 71.9 Å². The second-order valence-electron chi connectivity index (χ2n) is 7.54. The molecule has 0 bridgehead atoms. The quantitative estimate of drug-likeness (QED) is 0.173. The molecular formula is C26H23N5O3S. The molecule has 0 radical (unpaired) electrons. The van der Waals surface area contributed by atoms with Crippen LogP contribution in [0.15, 0.2) is 89.1 Å². The molecule has 1 N–H and O–H groups in total. The van der Waals surface area contributed by atoms with Crippen LogP contribution in [0, 0.1) is 6.92 Å². The molecule has 0 saturated heterocycles. The van der Waals surface area contributed by atoms with E-state index in [9.17, 15) is 9.59 Å². The van der Waals surface area contributed by atoms with Gasteiger partial charge in [0.2, 0.25) is 0 Å². The second kappa shape index (κ2) is 11.3. The van der Waals surface area contributed by atoms with Crippen molar-refractivity contribution in [1.29, 1.82) is 0 Å². The Morgan fingerprint density at radius 2 is 1.71 bits per heavy atom. The summed E-state index contributed by atoms with van der Waals surface area (Å²) in [5.41, 5.74) is 6.68. The van der Waals surface area contributed by atoms with Crippen LogP contribution in [0.1, 0.15) is 21.5 Å². The van der Waals surface area contributed by atoms with E-state index in [1.54, 1.807) is 24.3 Å². The summed E-state index contributed by atoms with van der Waals surface area (Å²) in [5.74, 6) is 0.118. The third kappa shape index (κ3) is 6.01. The highest BCUT2D eigenvalue weighted by molar-refractivity contribution is 7.99. The molecule has 0 aliphatic heterocycles. The van der Waals surface area contributed by atoms with Gasteiger partial charge < -0.3 is 4.74 Å². The minimum Gasteiger partial charge on any atom is -0.465 e. The number of nitrogens with zero attached hydrogens (tertiary/aromatic N) is 4. The number of hydrazone groups is 1. The van der Waals surface area contributed by atoms with E-state index >= 15 is 0 Å². The molecule has 176 valence electrons. The van der Waals surface area contributed by atoms with Gasteiger partial charge in [0.1, 0.15) is 0 Å². The maximum atomic E-state index is 12.4. The molecule has 0 fully saturated rings. The van der Waals surface area contributed by atoms with E-state index in [0.717, 1.165) is 22.4 Å². The maximum absolute atomic E-state index is 12.4. The maximum Gasteiger partial charge on any atom is 0.337 e. The summed E-state index contributed by atoms with van der Waals surface area (Å²) in [6.45, 7) is 2.03. The summed E-state index contributed by atoms with van der Waals surface area (Å²) in [6.07, 6.45) is 1.51. The first kappa shape index (κ1) is 23.9. The van der Waals surface area contributed by atoms with Crippen LogP contribution in [0.2, 0.25) is 0 Å². The number of aryl methyl sites for hydroxylation is 1. The van der Waals surface area contributed by atoms with E-state index < -0.39 is 5.97 Å². The highest BCUT2D eigenvalue weighted by Gasteiger charge is 2.17. The van der Waals surface area contributed by atoms with Crippen LogP contribution in [-0.4, -0.2) is 45.7 Å². The van der Waals surface area contributed by atoms with Crippen molar-refractivity contribution >= 4 is 29.9 Å². The molecular weight excluding hydrogens is 462 g/mol. The van der Waals surface area contributed by atoms with Crippen molar-refractivity contribution in [2.24, 2.45) is 5.10 Å². The number of esters is 1. The number of nitrogens with one attached hydrogen (secondary N) is 1. The van der Waals surface area contributed by atoms with Gasteiger partial charge in [0.25, 0.3) is 5.91 Å². The number of carbonyl (C=O) groups excluding carboxylic acids is 2. The van der Waals surface area contributed by atoms with Crippen molar-refractivity contribution in [2.75, 3.05) is 12.9 Å². The molecule has 0 saturated carbocycles. The molecule has 0 spiro atoms. The molecule has 3 aromatic carbocycles. The fourth-order valence-electron chi connectivity index (χ4n) is 3.23. The monoisotopic (exact) mass is 485 g/mol. The third-order valence-electron chi connectivity index (χ3n) is 5.02. The molecule has 1 aromatic heterocycles. The standard InChI is InChI=1S/C26H23N5O3S/c1-18-8-14-22(15-9-18)31-24(20-6-4-3-5-7-20)29-30-26(31)35-17-23(32)28-27-16-19-10-12-21(13-11-19)25(33)34-2/h3-16H,17H2,1-2H3,(H,28,32). The van der Waals surface area contributed by atoms with Gasteiger partial charge in [-0.05, 0) is 36.8 Å². The average Bonchev–Trinajstić information content (AvgIpc) is 3.32. The van der Waals surface area contributed by atoms with Crippen LogP contribution in [0.25, 0.3) is 17.1 Å². The summed E-state index contributed by atoms with van der Waals surface area (Å²) < 4.78 is 6.62. The van der Waals surface area contributed by atoms with Crippen molar-refractivity contribution in [3.63, 3.8) is 0 Å². The molecule has 0 unspecified atom stereocenters. The number of carbonyl (C=O) groups is 2. The van der Waals surface area contributed by atoms with Crippen molar-refractivity contribution in [2.45, 2.75) is 12.1 Å². The van der Waals surface area contributed by atoms with Gasteiger partial charge in [-0.2, -0.15) is 5.10 Å². The van der Waals surface area contributed by atoms with Gasteiger partial charge >= 0.3 is 5.97 Å². The van der Waals surface area contributed by atoms with Crippen LogP contribution in [0.5, 0.6) is 0 Å². The van der Waals surface area contributed by atoms with E-state index in [4.69, 9.17) is 0 Å². The Hall–Kier alpha value is -4.24. The molecule has 9 heteroatoms. The minimum atomic E-state index is -0.410. The number of aromatic nitrogens is 3. The number of hydrogen-bond donors (Lipinski definition) is 1. The van der Waals surface area contributed by atoms with E-state index in [1.165, 1.54) is 25.1 Å². The second-order valence-corrected chi connectivity index (χ2v) is 8.48. The molecule has 1 amide bonds. The zero-order chi connectivity index (χ0) is 24.6. The summed E-state index contributed by atoms with van der Waals surface area (Å²) in [7, 11) is 1.33. The number of thioether (sulfide) groups is 1.